The van der Waals surface area contributed by atoms with Gasteiger partial charge in [-0.2, -0.15) is 0 Å². The Morgan fingerprint density at radius 1 is 0.791 bits per heavy atom. The summed E-state index contributed by atoms with van der Waals surface area (Å²) in [6.45, 7) is 2.00. The molecule has 2 heterocycles. The quantitative estimate of drug-likeness (QED) is 0.0995. The minimum Gasteiger partial charge on any atom is -0.338 e. The summed E-state index contributed by atoms with van der Waals surface area (Å²) < 4.78 is 3.27. The van der Waals surface area contributed by atoms with Crippen molar-refractivity contribution >= 4 is 55.7 Å². The van der Waals surface area contributed by atoms with Crippen molar-refractivity contribution in [3.8, 4) is 0 Å². The number of rotatable bonds is 12. The fourth-order valence-corrected chi connectivity index (χ4v) is 6.22. The maximum atomic E-state index is 13.4. The Morgan fingerprint density at radius 3 is 2.26 bits per heavy atom. The molecule has 0 aliphatic rings. The van der Waals surface area contributed by atoms with Crippen LogP contribution >= 0.6 is 27.7 Å². The summed E-state index contributed by atoms with van der Waals surface area (Å²) in [6, 6.07) is 37.1. The van der Waals surface area contributed by atoms with Crippen LogP contribution in [0.5, 0.6) is 0 Å². The molecule has 0 aliphatic heterocycles. The van der Waals surface area contributed by atoms with Crippen LogP contribution in [-0.4, -0.2) is 42.9 Å². The third kappa shape index (κ3) is 7.32. The van der Waals surface area contributed by atoms with Crippen LogP contribution in [0.1, 0.15) is 29.5 Å². The third-order valence-electron chi connectivity index (χ3n) is 7.46. The number of hydrogen-bond donors (Lipinski definition) is 0. The van der Waals surface area contributed by atoms with Crippen LogP contribution in [0, 0.1) is 0 Å². The van der Waals surface area contributed by atoms with Gasteiger partial charge in [0.15, 0.2) is 5.65 Å². The van der Waals surface area contributed by atoms with E-state index < -0.39 is 0 Å². The lowest BCUT2D eigenvalue weighted by Gasteiger charge is -2.23. The zero-order valence-electron chi connectivity index (χ0n) is 23.8. The van der Waals surface area contributed by atoms with E-state index >= 15 is 0 Å². The standard InChI is InChI=1S/C35H32BrN5OS/c36-29-19-17-28(18-20-29)25-41-31-15-8-7-14-30(31)33-34(41)37-35(39-38-33)43-23-9-16-32(42)40(24-27-12-5-2-6-13-27)22-21-26-10-3-1-4-11-26/h1-8,10-15,17-20H,9,16,21-25H2. The largest absolute Gasteiger partial charge is 0.338 e. The van der Waals surface area contributed by atoms with Gasteiger partial charge < -0.3 is 9.47 Å². The molecule has 6 nitrogen and oxygen atoms in total. The molecule has 0 saturated heterocycles. The number of halogens is 1. The average molecular weight is 651 g/mol. The minimum atomic E-state index is 0.171. The SMILES string of the molecule is O=C(CCCSc1nnc2c3ccccc3n(Cc3ccc(Br)cc3)c2n1)N(CCc1ccccc1)Cc1ccccc1. The van der Waals surface area contributed by atoms with Crippen molar-refractivity contribution in [2.24, 2.45) is 0 Å². The van der Waals surface area contributed by atoms with Crippen LogP contribution in [0.25, 0.3) is 22.1 Å². The van der Waals surface area contributed by atoms with Gasteiger partial charge in [0.2, 0.25) is 11.1 Å². The third-order valence-corrected chi connectivity index (χ3v) is 8.91. The van der Waals surface area contributed by atoms with Crippen LogP contribution in [0.2, 0.25) is 0 Å². The fraction of sp³-hybridized carbons (Fsp3) is 0.200. The second kappa shape index (κ2) is 14.0. The number of para-hydroxylation sites is 1. The van der Waals surface area contributed by atoms with Crippen molar-refractivity contribution in [1.29, 1.82) is 0 Å². The molecule has 0 aliphatic carbocycles. The zero-order chi connectivity index (χ0) is 29.4. The molecule has 0 saturated carbocycles. The molecule has 4 aromatic carbocycles. The van der Waals surface area contributed by atoms with E-state index in [1.165, 1.54) is 11.1 Å². The lowest BCUT2D eigenvalue weighted by molar-refractivity contribution is -0.131. The summed E-state index contributed by atoms with van der Waals surface area (Å²) in [6.07, 6.45) is 2.06. The Labute approximate surface area is 264 Å². The minimum absolute atomic E-state index is 0.171. The smallest absolute Gasteiger partial charge is 0.222 e. The van der Waals surface area contributed by atoms with E-state index in [1.807, 2.05) is 53.4 Å². The molecular formula is C35H32BrN5OS. The van der Waals surface area contributed by atoms with Gasteiger partial charge in [-0.3, -0.25) is 4.79 Å². The van der Waals surface area contributed by atoms with E-state index in [0.717, 1.165) is 50.7 Å². The molecule has 43 heavy (non-hydrogen) atoms. The zero-order valence-corrected chi connectivity index (χ0v) is 26.2. The van der Waals surface area contributed by atoms with Crippen molar-refractivity contribution in [3.63, 3.8) is 0 Å². The molecule has 6 aromatic rings. The Balaban J connectivity index is 1.12. The molecule has 0 spiro atoms. The Morgan fingerprint density at radius 2 is 1.49 bits per heavy atom. The van der Waals surface area contributed by atoms with Gasteiger partial charge in [-0.1, -0.05) is 119 Å². The van der Waals surface area contributed by atoms with Gasteiger partial charge in [0.25, 0.3) is 0 Å². The highest BCUT2D eigenvalue weighted by Gasteiger charge is 2.17. The number of fused-ring (bicyclic) bond motifs is 3. The number of benzene rings is 4. The van der Waals surface area contributed by atoms with Gasteiger partial charge in [0.05, 0.1) is 5.52 Å². The molecule has 1 amide bonds. The molecule has 6 rings (SSSR count). The first-order valence-corrected chi connectivity index (χ1v) is 16.3. The molecule has 8 heteroatoms. The number of carbonyl (C=O) groups excluding carboxylic acids is 1. The lowest BCUT2D eigenvalue weighted by Crippen LogP contribution is -2.32. The summed E-state index contributed by atoms with van der Waals surface area (Å²) in [5.74, 6) is 0.911. The van der Waals surface area contributed by atoms with Crippen LogP contribution in [-0.2, 0) is 24.3 Å². The van der Waals surface area contributed by atoms with Crippen molar-refractivity contribution in [2.75, 3.05) is 12.3 Å². The number of nitrogens with zero attached hydrogens (tertiary/aromatic N) is 5. The normalized spacial score (nSPS) is 11.3. The van der Waals surface area contributed by atoms with Crippen LogP contribution in [0.4, 0.5) is 0 Å². The monoisotopic (exact) mass is 649 g/mol. The Bertz CT molecular complexity index is 1810. The molecule has 2 aromatic heterocycles. The molecule has 0 fully saturated rings. The van der Waals surface area contributed by atoms with Gasteiger partial charge >= 0.3 is 0 Å². The van der Waals surface area contributed by atoms with E-state index in [0.29, 0.717) is 31.2 Å². The molecule has 0 bridgehead atoms. The summed E-state index contributed by atoms with van der Waals surface area (Å²) in [5, 5.41) is 10.7. The highest BCUT2D eigenvalue weighted by atomic mass is 79.9. The molecular weight excluding hydrogens is 618 g/mol. The average Bonchev–Trinajstić information content (AvgIpc) is 3.35. The molecule has 0 radical (unpaired) electrons. The molecule has 0 unspecified atom stereocenters. The van der Waals surface area contributed by atoms with Crippen molar-refractivity contribution in [3.05, 3.63) is 130 Å². The molecule has 216 valence electrons. The maximum absolute atomic E-state index is 13.4. The van der Waals surface area contributed by atoms with E-state index in [-0.39, 0.29) is 5.91 Å². The van der Waals surface area contributed by atoms with Crippen molar-refractivity contribution < 1.29 is 4.79 Å². The highest BCUT2D eigenvalue weighted by molar-refractivity contribution is 9.10. The molecule has 0 N–H and O–H groups in total. The Hall–Kier alpha value is -4.01. The fourth-order valence-electron chi connectivity index (χ4n) is 5.23. The number of aromatic nitrogens is 4. The maximum Gasteiger partial charge on any atom is 0.222 e. The number of hydrogen-bond acceptors (Lipinski definition) is 5. The van der Waals surface area contributed by atoms with Gasteiger partial charge in [-0.25, -0.2) is 4.98 Å². The number of amides is 1. The Kier molecular flexibility index (Phi) is 9.45. The summed E-state index contributed by atoms with van der Waals surface area (Å²) in [4.78, 5) is 20.3. The topological polar surface area (TPSA) is 63.9 Å². The van der Waals surface area contributed by atoms with E-state index in [1.54, 1.807) is 11.8 Å². The second-order valence-electron chi connectivity index (χ2n) is 10.5. The summed E-state index contributed by atoms with van der Waals surface area (Å²) >= 11 is 5.08. The van der Waals surface area contributed by atoms with Crippen molar-refractivity contribution in [1.82, 2.24) is 24.6 Å². The first-order valence-electron chi connectivity index (χ1n) is 14.5. The number of carbonyl (C=O) groups is 1. The molecule has 0 atom stereocenters. The second-order valence-corrected chi connectivity index (χ2v) is 12.5. The first kappa shape index (κ1) is 29.1. The summed E-state index contributed by atoms with van der Waals surface area (Å²) in [5.41, 5.74) is 6.29. The predicted octanol–water partition coefficient (Wildman–Crippen LogP) is 7.93. The van der Waals surface area contributed by atoms with Gasteiger partial charge in [-0.15, -0.1) is 10.2 Å². The predicted molar refractivity (Wildman–Crippen MR) is 178 cm³/mol. The van der Waals surface area contributed by atoms with Gasteiger partial charge in [-0.05, 0) is 47.7 Å². The number of thioether (sulfide) groups is 1. The highest BCUT2D eigenvalue weighted by Crippen LogP contribution is 2.28. The summed E-state index contributed by atoms with van der Waals surface area (Å²) in [7, 11) is 0. The van der Waals surface area contributed by atoms with Crippen LogP contribution < -0.4 is 0 Å². The van der Waals surface area contributed by atoms with E-state index in [4.69, 9.17) is 4.98 Å². The van der Waals surface area contributed by atoms with E-state index in [2.05, 4.69) is 91.4 Å². The van der Waals surface area contributed by atoms with E-state index in [9.17, 15) is 4.79 Å². The first-order chi connectivity index (χ1) is 21.1. The lowest BCUT2D eigenvalue weighted by atomic mass is 10.1. The van der Waals surface area contributed by atoms with Crippen LogP contribution in [0.15, 0.2) is 119 Å². The van der Waals surface area contributed by atoms with Crippen LogP contribution in [0.3, 0.4) is 0 Å². The van der Waals surface area contributed by atoms with Gasteiger partial charge in [0, 0.05) is 41.7 Å². The van der Waals surface area contributed by atoms with Crippen molar-refractivity contribution in [2.45, 2.75) is 37.5 Å². The van der Waals surface area contributed by atoms with Gasteiger partial charge in [0.1, 0.15) is 5.52 Å².